The molecule has 1 saturated heterocycles. The summed E-state index contributed by atoms with van der Waals surface area (Å²) in [5.41, 5.74) is -0.963. The van der Waals surface area contributed by atoms with Gasteiger partial charge in [0.25, 0.3) is 0 Å². The Morgan fingerprint density at radius 3 is 2.95 bits per heavy atom. The molecule has 1 fully saturated rings. The summed E-state index contributed by atoms with van der Waals surface area (Å²) in [6.07, 6.45) is 2.69. The van der Waals surface area contributed by atoms with Gasteiger partial charge in [-0.2, -0.15) is 0 Å². The average Bonchev–Trinajstić information content (AvgIpc) is 3.08. The predicted molar refractivity (Wildman–Crippen MR) is 86.7 cm³/mol. The van der Waals surface area contributed by atoms with Gasteiger partial charge in [-0.25, -0.2) is 4.79 Å². The Bertz CT molecular complexity index is 489. The molecule has 4 nitrogen and oxygen atoms in total. The van der Waals surface area contributed by atoms with Crippen molar-refractivity contribution in [1.82, 2.24) is 4.90 Å². The monoisotopic (exact) mass is 327 g/mol. The van der Waals surface area contributed by atoms with Gasteiger partial charge in [0.1, 0.15) is 5.54 Å². The third-order valence-corrected chi connectivity index (χ3v) is 5.93. The maximum Gasteiger partial charge on any atom is 0.329 e. The fraction of sp³-hybridized carbons (Fsp3) is 0.600. The van der Waals surface area contributed by atoms with Crippen LogP contribution in [0.25, 0.3) is 0 Å². The first-order valence-electron chi connectivity index (χ1n) is 7.24. The van der Waals surface area contributed by atoms with E-state index in [9.17, 15) is 14.7 Å². The van der Waals surface area contributed by atoms with Crippen molar-refractivity contribution in [3.05, 3.63) is 22.4 Å². The van der Waals surface area contributed by atoms with E-state index in [-0.39, 0.29) is 5.91 Å². The number of hydrogen-bond acceptors (Lipinski definition) is 4. The zero-order valence-corrected chi connectivity index (χ0v) is 13.8. The van der Waals surface area contributed by atoms with Crippen molar-refractivity contribution in [1.29, 1.82) is 0 Å². The minimum absolute atomic E-state index is 0.0371. The van der Waals surface area contributed by atoms with E-state index >= 15 is 0 Å². The Labute approximate surface area is 133 Å². The third kappa shape index (κ3) is 3.61. The van der Waals surface area contributed by atoms with Crippen LogP contribution < -0.4 is 0 Å². The van der Waals surface area contributed by atoms with Crippen molar-refractivity contribution in [2.75, 3.05) is 12.3 Å². The van der Waals surface area contributed by atoms with Crippen LogP contribution in [0.3, 0.4) is 0 Å². The van der Waals surface area contributed by atoms with Crippen LogP contribution in [0.2, 0.25) is 0 Å². The lowest BCUT2D eigenvalue weighted by atomic mass is 9.90. The lowest BCUT2D eigenvalue weighted by Crippen LogP contribution is -2.53. The van der Waals surface area contributed by atoms with E-state index in [1.165, 1.54) is 4.88 Å². The van der Waals surface area contributed by atoms with E-state index < -0.39 is 11.5 Å². The summed E-state index contributed by atoms with van der Waals surface area (Å²) in [7, 11) is 0. The maximum absolute atomic E-state index is 12.4. The molecule has 116 valence electrons. The normalized spacial score (nSPS) is 21.7. The molecular formula is C15H21NO3S2. The zero-order valence-electron chi connectivity index (χ0n) is 12.2. The van der Waals surface area contributed by atoms with Crippen LogP contribution in [0.15, 0.2) is 17.5 Å². The lowest BCUT2D eigenvalue weighted by molar-refractivity contribution is -0.156. The van der Waals surface area contributed by atoms with Crippen LogP contribution >= 0.6 is 23.1 Å². The van der Waals surface area contributed by atoms with E-state index in [4.69, 9.17) is 0 Å². The van der Waals surface area contributed by atoms with Crippen molar-refractivity contribution in [2.24, 2.45) is 0 Å². The van der Waals surface area contributed by atoms with Gasteiger partial charge in [-0.05, 0) is 30.7 Å². The fourth-order valence-electron chi connectivity index (χ4n) is 2.96. The number of rotatable bonds is 7. The standard InChI is InChI=1S/C15H21NO3S2/c1-2-6-15(14(18)19)7-4-8-16(15)13(17)11-20-10-12-5-3-9-21-12/h3,5,9H,2,4,6-8,10-11H2,1H3,(H,18,19). The number of carboxylic acids is 1. The number of carbonyl (C=O) groups is 2. The molecule has 1 unspecified atom stereocenters. The maximum atomic E-state index is 12.4. The molecule has 1 amide bonds. The molecule has 0 aromatic carbocycles. The predicted octanol–water partition coefficient (Wildman–Crippen LogP) is 3.23. The van der Waals surface area contributed by atoms with Crippen LogP contribution in [-0.2, 0) is 15.3 Å². The van der Waals surface area contributed by atoms with Crippen LogP contribution in [0.1, 0.15) is 37.5 Å². The second-order valence-electron chi connectivity index (χ2n) is 5.31. The molecular weight excluding hydrogens is 306 g/mol. The first kappa shape index (κ1) is 16.4. The summed E-state index contributed by atoms with van der Waals surface area (Å²) < 4.78 is 0. The summed E-state index contributed by atoms with van der Waals surface area (Å²) in [4.78, 5) is 27.0. The summed E-state index contributed by atoms with van der Waals surface area (Å²) in [5.74, 6) is 0.283. The van der Waals surface area contributed by atoms with Gasteiger partial charge >= 0.3 is 5.97 Å². The third-order valence-electron chi connectivity index (χ3n) is 3.90. The Balaban J connectivity index is 1.95. The number of carbonyl (C=O) groups excluding carboxylic acids is 1. The summed E-state index contributed by atoms with van der Waals surface area (Å²) in [6, 6.07) is 4.05. The van der Waals surface area contributed by atoms with E-state index in [0.717, 1.165) is 18.6 Å². The number of carboxylic acid groups (broad SMARTS) is 1. The highest BCUT2D eigenvalue weighted by molar-refractivity contribution is 7.99. The number of likely N-dealkylation sites (tertiary alicyclic amines) is 1. The highest BCUT2D eigenvalue weighted by Crippen LogP contribution is 2.34. The molecule has 0 saturated carbocycles. The quantitative estimate of drug-likeness (QED) is 0.835. The van der Waals surface area contributed by atoms with Gasteiger partial charge < -0.3 is 10.0 Å². The SMILES string of the molecule is CCCC1(C(=O)O)CCCN1C(=O)CSCc1cccs1. The summed E-state index contributed by atoms with van der Waals surface area (Å²) in [6.45, 7) is 2.54. The lowest BCUT2D eigenvalue weighted by Gasteiger charge is -2.34. The van der Waals surface area contributed by atoms with Gasteiger partial charge in [-0.15, -0.1) is 23.1 Å². The minimum Gasteiger partial charge on any atom is -0.479 e. The number of amides is 1. The van der Waals surface area contributed by atoms with Crippen molar-refractivity contribution in [3.8, 4) is 0 Å². The molecule has 0 radical (unpaired) electrons. The molecule has 0 aliphatic carbocycles. The average molecular weight is 327 g/mol. The van der Waals surface area contributed by atoms with Crippen molar-refractivity contribution in [3.63, 3.8) is 0 Å². The van der Waals surface area contributed by atoms with Gasteiger partial charge in [0.05, 0.1) is 5.75 Å². The first-order valence-corrected chi connectivity index (χ1v) is 9.27. The smallest absolute Gasteiger partial charge is 0.329 e. The van der Waals surface area contributed by atoms with E-state index in [1.54, 1.807) is 28.0 Å². The van der Waals surface area contributed by atoms with Gasteiger partial charge in [0.2, 0.25) is 5.91 Å². The Kier molecular flexibility index (Phi) is 5.70. The van der Waals surface area contributed by atoms with Crippen LogP contribution in [0, 0.1) is 0 Å². The molecule has 1 aromatic heterocycles. The Morgan fingerprint density at radius 2 is 2.33 bits per heavy atom. The van der Waals surface area contributed by atoms with E-state index in [0.29, 0.717) is 25.1 Å². The van der Waals surface area contributed by atoms with Gasteiger partial charge in [-0.1, -0.05) is 19.4 Å². The molecule has 0 spiro atoms. The molecule has 6 heteroatoms. The number of thioether (sulfide) groups is 1. The van der Waals surface area contributed by atoms with Gasteiger partial charge in [0, 0.05) is 17.2 Å². The molecule has 1 aromatic rings. The molecule has 1 N–H and O–H groups in total. The largest absolute Gasteiger partial charge is 0.479 e. The van der Waals surface area contributed by atoms with Crippen molar-refractivity contribution in [2.45, 2.75) is 43.9 Å². The summed E-state index contributed by atoms with van der Waals surface area (Å²) in [5, 5.41) is 11.6. The molecule has 1 atom stereocenters. The fourth-order valence-corrected chi connectivity index (χ4v) is 4.70. The van der Waals surface area contributed by atoms with Gasteiger partial charge in [0.15, 0.2) is 0 Å². The number of nitrogens with zero attached hydrogens (tertiary/aromatic N) is 1. The number of thiophene rings is 1. The summed E-state index contributed by atoms with van der Waals surface area (Å²) >= 11 is 3.24. The van der Waals surface area contributed by atoms with Crippen molar-refractivity contribution >= 4 is 35.0 Å². The zero-order chi connectivity index (χ0) is 15.3. The first-order chi connectivity index (χ1) is 10.1. The van der Waals surface area contributed by atoms with E-state index in [2.05, 4.69) is 6.07 Å². The van der Waals surface area contributed by atoms with Crippen molar-refractivity contribution < 1.29 is 14.7 Å². The van der Waals surface area contributed by atoms with Crippen LogP contribution in [0.5, 0.6) is 0 Å². The topological polar surface area (TPSA) is 57.6 Å². The second kappa shape index (κ2) is 7.31. The number of aliphatic carboxylic acids is 1. The molecule has 21 heavy (non-hydrogen) atoms. The Morgan fingerprint density at radius 1 is 1.52 bits per heavy atom. The highest BCUT2D eigenvalue weighted by atomic mass is 32.2. The highest BCUT2D eigenvalue weighted by Gasteiger charge is 2.48. The minimum atomic E-state index is -0.963. The molecule has 2 rings (SSSR count). The molecule has 1 aliphatic heterocycles. The number of hydrogen-bond donors (Lipinski definition) is 1. The van der Waals surface area contributed by atoms with E-state index in [1.807, 2.05) is 18.4 Å². The van der Waals surface area contributed by atoms with Crippen LogP contribution in [-0.4, -0.2) is 39.7 Å². The second-order valence-corrected chi connectivity index (χ2v) is 7.33. The molecule has 2 heterocycles. The van der Waals surface area contributed by atoms with Gasteiger partial charge in [-0.3, -0.25) is 4.79 Å². The Hall–Kier alpha value is -1.01. The molecule has 0 bridgehead atoms. The van der Waals surface area contributed by atoms with Crippen LogP contribution in [0.4, 0.5) is 0 Å². The molecule has 1 aliphatic rings.